The fourth-order valence-electron chi connectivity index (χ4n) is 2.95. The topological polar surface area (TPSA) is 97.0 Å². The Morgan fingerprint density at radius 3 is 2.52 bits per heavy atom. The molecule has 0 radical (unpaired) electrons. The fraction of sp³-hybridized carbons (Fsp3) is 0.238. The fourth-order valence-corrected chi connectivity index (χ4v) is 2.95. The Bertz CT molecular complexity index is 1110. The number of hydrogen-bond acceptors (Lipinski definition) is 5. The number of aromatic nitrogens is 3. The van der Waals surface area contributed by atoms with E-state index in [1.807, 2.05) is 0 Å². The van der Waals surface area contributed by atoms with E-state index in [4.69, 9.17) is 0 Å². The molecule has 7 nitrogen and oxygen atoms in total. The molecule has 0 saturated carbocycles. The summed E-state index contributed by atoms with van der Waals surface area (Å²) < 4.78 is 40.6. The van der Waals surface area contributed by atoms with Crippen LogP contribution in [0.5, 0.6) is 5.75 Å². The summed E-state index contributed by atoms with van der Waals surface area (Å²) in [5, 5.41) is 2.72. The third kappa shape index (κ3) is 5.91. The van der Waals surface area contributed by atoms with Crippen LogP contribution in [0.2, 0.25) is 0 Å². The van der Waals surface area contributed by atoms with Gasteiger partial charge in [-0.15, -0.1) is 13.2 Å². The lowest BCUT2D eigenvalue weighted by atomic mass is 10.1. The number of pyridine rings is 1. The first-order chi connectivity index (χ1) is 14.6. The first kappa shape index (κ1) is 22.0. The second-order valence-corrected chi connectivity index (χ2v) is 6.80. The van der Waals surface area contributed by atoms with Crippen molar-refractivity contribution in [1.82, 2.24) is 20.3 Å². The molecular weight excluding hydrogens is 413 g/mol. The molecular formula is C21H19F3N4O3. The molecule has 2 aromatic heterocycles. The summed E-state index contributed by atoms with van der Waals surface area (Å²) in [5.41, 5.74) is 1.44. The second-order valence-electron chi connectivity index (χ2n) is 6.80. The lowest BCUT2D eigenvalue weighted by Gasteiger charge is -2.16. The van der Waals surface area contributed by atoms with Crippen molar-refractivity contribution < 1.29 is 22.7 Å². The van der Waals surface area contributed by atoms with Crippen molar-refractivity contribution in [1.29, 1.82) is 0 Å². The summed E-state index contributed by atoms with van der Waals surface area (Å²) in [7, 11) is 0. The number of ether oxygens (including phenoxy) is 1. The zero-order chi connectivity index (χ0) is 22.6. The van der Waals surface area contributed by atoms with Gasteiger partial charge in [-0.05, 0) is 43.7 Å². The van der Waals surface area contributed by atoms with Crippen LogP contribution in [0.25, 0.3) is 11.4 Å². The molecule has 0 aliphatic carbocycles. The maximum atomic E-state index is 12.5. The van der Waals surface area contributed by atoms with Crippen molar-refractivity contribution in [2.75, 3.05) is 0 Å². The highest BCUT2D eigenvalue weighted by atomic mass is 19.4. The van der Waals surface area contributed by atoms with Gasteiger partial charge in [0.2, 0.25) is 5.91 Å². The molecule has 31 heavy (non-hydrogen) atoms. The van der Waals surface area contributed by atoms with Crippen LogP contribution in [0.1, 0.15) is 29.8 Å². The predicted molar refractivity (Wildman–Crippen MR) is 106 cm³/mol. The zero-order valence-corrected chi connectivity index (χ0v) is 16.7. The van der Waals surface area contributed by atoms with Crippen LogP contribution < -0.4 is 15.6 Å². The second kappa shape index (κ2) is 8.99. The van der Waals surface area contributed by atoms with Gasteiger partial charge in [-0.2, -0.15) is 0 Å². The van der Waals surface area contributed by atoms with Gasteiger partial charge in [-0.1, -0.05) is 12.1 Å². The number of alkyl halides is 3. The van der Waals surface area contributed by atoms with Gasteiger partial charge in [-0.25, -0.2) is 4.98 Å². The van der Waals surface area contributed by atoms with E-state index in [-0.39, 0.29) is 17.7 Å². The summed E-state index contributed by atoms with van der Waals surface area (Å²) >= 11 is 0. The number of amides is 1. The highest BCUT2D eigenvalue weighted by Crippen LogP contribution is 2.24. The van der Waals surface area contributed by atoms with Crippen molar-refractivity contribution in [3.8, 4) is 17.1 Å². The normalized spacial score (nSPS) is 12.3. The van der Waals surface area contributed by atoms with Gasteiger partial charge in [0.25, 0.3) is 5.56 Å². The zero-order valence-electron chi connectivity index (χ0n) is 16.7. The molecule has 1 aromatic carbocycles. The molecule has 0 aliphatic rings. The minimum absolute atomic E-state index is 0.193. The summed E-state index contributed by atoms with van der Waals surface area (Å²) in [6, 6.07) is 8.17. The number of halogens is 3. The molecule has 0 bridgehead atoms. The van der Waals surface area contributed by atoms with Gasteiger partial charge in [0, 0.05) is 29.2 Å². The van der Waals surface area contributed by atoms with Crippen LogP contribution in [0.15, 0.2) is 53.6 Å². The van der Waals surface area contributed by atoms with Gasteiger partial charge < -0.3 is 15.0 Å². The van der Waals surface area contributed by atoms with Crippen LogP contribution in [-0.2, 0) is 11.2 Å². The number of aryl methyl sites for hydroxylation is 1. The third-order valence-electron chi connectivity index (χ3n) is 4.49. The molecule has 2 N–H and O–H groups in total. The smallest absolute Gasteiger partial charge is 0.406 e. The number of nitrogens with one attached hydrogen (secondary N) is 2. The molecule has 3 aromatic rings. The average molecular weight is 432 g/mol. The van der Waals surface area contributed by atoms with Crippen molar-refractivity contribution >= 4 is 5.91 Å². The average Bonchev–Trinajstić information content (AvgIpc) is 2.70. The molecule has 10 heteroatoms. The number of aromatic amines is 1. The van der Waals surface area contributed by atoms with E-state index >= 15 is 0 Å². The van der Waals surface area contributed by atoms with Crippen molar-refractivity contribution in [2.24, 2.45) is 0 Å². The molecule has 2 heterocycles. The summed E-state index contributed by atoms with van der Waals surface area (Å²) in [6.45, 7) is 3.32. The predicted octanol–water partition coefficient (Wildman–Crippen LogP) is 3.46. The Morgan fingerprint density at radius 2 is 1.94 bits per heavy atom. The van der Waals surface area contributed by atoms with E-state index in [0.717, 1.165) is 0 Å². The number of carbonyl (C=O) groups is 1. The number of hydrogen-bond donors (Lipinski definition) is 2. The Hall–Kier alpha value is -3.69. The summed E-state index contributed by atoms with van der Waals surface area (Å²) in [4.78, 5) is 35.9. The van der Waals surface area contributed by atoms with Crippen molar-refractivity contribution in [2.45, 2.75) is 32.7 Å². The van der Waals surface area contributed by atoms with Crippen LogP contribution in [-0.4, -0.2) is 27.2 Å². The van der Waals surface area contributed by atoms with Gasteiger partial charge in [0.15, 0.2) is 0 Å². The molecule has 1 atom stereocenters. The van der Waals surface area contributed by atoms with Gasteiger partial charge in [0.1, 0.15) is 11.6 Å². The van der Waals surface area contributed by atoms with Crippen LogP contribution in [0.3, 0.4) is 0 Å². The molecule has 0 saturated heterocycles. The molecule has 0 spiro atoms. The lowest BCUT2D eigenvalue weighted by Crippen LogP contribution is -2.31. The minimum atomic E-state index is -4.77. The highest BCUT2D eigenvalue weighted by Gasteiger charge is 2.31. The van der Waals surface area contributed by atoms with E-state index in [9.17, 15) is 22.8 Å². The molecule has 0 fully saturated rings. The van der Waals surface area contributed by atoms with E-state index in [2.05, 4.69) is 25.0 Å². The number of carbonyl (C=O) groups excluding carboxylic acids is 1. The molecule has 3 rings (SSSR count). The minimum Gasteiger partial charge on any atom is -0.406 e. The Balaban J connectivity index is 1.67. The van der Waals surface area contributed by atoms with Crippen LogP contribution >= 0.6 is 0 Å². The summed E-state index contributed by atoms with van der Waals surface area (Å²) in [6.07, 6.45) is -1.80. The first-order valence-corrected chi connectivity index (χ1v) is 9.27. The first-order valence-electron chi connectivity index (χ1n) is 9.27. The van der Waals surface area contributed by atoms with Gasteiger partial charge in [0.05, 0.1) is 12.5 Å². The largest absolute Gasteiger partial charge is 0.573 e. The third-order valence-corrected chi connectivity index (χ3v) is 4.49. The SMILES string of the molecule is Cc1nc(-c2cccnc2)[nH]c(=O)c1CC(=O)NC(C)c1ccc(OC(F)(F)F)cc1. The van der Waals surface area contributed by atoms with Crippen LogP contribution in [0.4, 0.5) is 13.2 Å². The van der Waals surface area contributed by atoms with Crippen LogP contribution in [0, 0.1) is 6.92 Å². The van der Waals surface area contributed by atoms with Crippen molar-refractivity contribution in [3.63, 3.8) is 0 Å². The Labute approximate surface area is 175 Å². The standard InChI is InChI=1S/C21H19F3N4O3/c1-12(14-5-7-16(8-6-14)31-21(22,23)24)26-18(29)10-17-13(2)27-19(28-20(17)30)15-4-3-9-25-11-15/h3-9,11-12H,10H2,1-2H3,(H,26,29)(H,27,28,30). The van der Waals surface area contributed by atoms with E-state index in [1.165, 1.54) is 24.3 Å². The number of H-pyrrole nitrogens is 1. The Morgan fingerprint density at radius 1 is 1.23 bits per heavy atom. The Kier molecular flexibility index (Phi) is 6.38. The van der Waals surface area contributed by atoms with Gasteiger partial charge >= 0.3 is 6.36 Å². The van der Waals surface area contributed by atoms with Crippen molar-refractivity contribution in [3.05, 3.63) is 76.0 Å². The summed E-state index contributed by atoms with van der Waals surface area (Å²) in [5.74, 6) is -0.418. The van der Waals surface area contributed by atoms with Gasteiger partial charge in [-0.3, -0.25) is 14.6 Å². The maximum absolute atomic E-state index is 12.5. The van der Waals surface area contributed by atoms with E-state index in [1.54, 1.807) is 38.4 Å². The lowest BCUT2D eigenvalue weighted by molar-refractivity contribution is -0.274. The molecule has 1 amide bonds. The molecule has 162 valence electrons. The van der Waals surface area contributed by atoms with E-state index in [0.29, 0.717) is 22.6 Å². The highest BCUT2D eigenvalue weighted by molar-refractivity contribution is 5.79. The quantitative estimate of drug-likeness (QED) is 0.622. The maximum Gasteiger partial charge on any atom is 0.573 e. The number of nitrogens with zero attached hydrogens (tertiary/aromatic N) is 2. The van der Waals surface area contributed by atoms with E-state index < -0.39 is 23.9 Å². The number of benzene rings is 1. The molecule has 0 aliphatic heterocycles. The molecule has 1 unspecified atom stereocenters. The monoisotopic (exact) mass is 432 g/mol. The number of rotatable bonds is 6.